The number of hydrogen-bond donors (Lipinski definition) is 1. The summed E-state index contributed by atoms with van der Waals surface area (Å²) in [5.74, 6) is -1.11. The van der Waals surface area contributed by atoms with E-state index >= 15 is 0 Å². The molecular weight excluding hydrogens is 439 g/mol. The molecule has 2 aromatic rings. The summed E-state index contributed by atoms with van der Waals surface area (Å²) in [6.07, 6.45) is 0. The van der Waals surface area contributed by atoms with Crippen LogP contribution in [0, 0.1) is 5.82 Å². The lowest BCUT2D eigenvalue weighted by Crippen LogP contribution is -2.31. The Morgan fingerprint density at radius 3 is 2.41 bits per heavy atom. The van der Waals surface area contributed by atoms with E-state index in [4.69, 9.17) is 4.74 Å². The smallest absolute Gasteiger partial charge is 0.255 e. The fourth-order valence-corrected chi connectivity index (χ4v) is 4.48. The molecule has 1 amide bonds. The molecule has 0 aliphatic rings. The van der Waals surface area contributed by atoms with Crippen molar-refractivity contribution in [3.63, 3.8) is 0 Å². The van der Waals surface area contributed by atoms with Crippen molar-refractivity contribution >= 4 is 37.5 Å². The highest BCUT2D eigenvalue weighted by Gasteiger charge is 2.27. The van der Waals surface area contributed by atoms with Gasteiger partial charge in [-0.3, -0.25) is 4.79 Å². The Morgan fingerprint density at radius 2 is 1.85 bits per heavy atom. The summed E-state index contributed by atoms with van der Waals surface area (Å²) in [4.78, 5) is 12.4. The second kappa shape index (κ2) is 8.81. The first kappa shape index (κ1) is 21.3. The minimum atomic E-state index is -3.84. The van der Waals surface area contributed by atoms with E-state index in [1.807, 2.05) is 0 Å². The summed E-state index contributed by atoms with van der Waals surface area (Å²) in [6.45, 7) is 4.01. The number of benzene rings is 2. The number of carbonyl (C=O) groups is 1. The fourth-order valence-electron chi connectivity index (χ4n) is 2.51. The minimum Gasteiger partial charge on any atom is -0.495 e. The first-order valence-corrected chi connectivity index (χ1v) is 10.4. The Labute approximate surface area is 166 Å². The third kappa shape index (κ3) is 4.66. The number of sulfonamides is 1. The Bertz CT molecular complexity index is 946. The van der Waals surface area contributed by atoms with E-state index < -0.39 is 21.7 Å². The van der Waals surface area contributed by atoms with Crippen molar-refractivity contribution in [1.82, 2.24) is 4.31 Å². The topological polar surface area (TPSA) is 75.7 Å². The maximum absolute atomic E-state index is 13.9. The van der Waals surface area contributed by atoms with E-state index in [9.17, 15) is 17.6 Å². The number of anilines is 1. The van der Waals surface area contributed by atoms with Crippen molar-refractivity contribution in [3.05, 3.63) is 52.3 Å². The SMILES string of the molecule is CCN(CC)S(=O)(=O)c1cc(C(=O)Nc2ccc(Br)cc2F)ccc1OC. The Kier molecular flexibility index (Phi) is 6.96. The van der Waals surface area contributed by atoms with Gasteiger partial charge in [0.15, 0.2) is 0 Å². The highest BCUT2D eigenvalue weighted by atomic mass is 79.9. The maximum atomic E-state index is 13.9. The minimum absolute atomic E-state index is 0.00725. The van der Waals surface area contributed by atoms with Crippen molar-refractivity contribution in [2.45, 2.75) is 18.7 Å². The molecule has 2 aromatic carbocycles. The third-order valence-corrected chi connectivity index (χ3v) is 6.49. The lowest BCUT2D eigenvalue weighted by Gasteiger charge is -2.20. The Hall–Kier alpha value is -1.97. The molecule has 0 radical (unpaired) electrons. The van der Waals surface area contributed by atoms with E-state index in [0.29, 0.717) is 4.47 Å². The number of methoxy groups -OCH3 is 1. The van der Waals surface area contributed by atoms with Gasteiger partial charge in [-0.2, -0.15) is 4.31 Å². The molecule has 0 atom stereocenters. The quantitative estimate of drug-likeness (QED) is 0.682. The van der Waals surface area contributed by atoms with E-state index in [2.05, 4.69) is 21.2 Å². The van der Waals surface area contributed by atoms with Crippen molar-refractivity contribution in [3.8, 4) is 5.75 Å². The Balaban J connectivity index is 2.43. The molecule has 2 rings (SSSR count). The number of amides is 1. The van der Waals surface area contributed by atoms with Gasteiger partial charge >= 0.3 is 0 Å². The van der Waals surface area contributed by atoms with Crippen molar-refractivity contribution in [1.29, 1.82) is 0 Å². The van der Waals surface area contributed by atoms with Crippen molar-refractivity contribution in [2.24, 2.45) is 0 Å². The summed E-state index contributed by atoms with van der Waals surface area (Å²) < 4.78 is 46.6. The second-order valence-corrected chi connectivity index (χ2v) is 8.36. The molecule has 1 N–H and O–H groups in total. The van der Waals surface area contributed by atoms with Crippen molar-refractivity contribution in [2.75, 3.05) is 25.5 Å². The van der Waals surface area contributed by atoms with Crippen LogP contribution in [-0.2, 0) is 10.0 Å². The summed E-state index contributed by atoms with van der Waals surface area (Å²) in [7, 11) is -2.48. The Morgan fingerprint density at radius 1 is 1.19 bits per heavy atom. The number of ether oxygens (including phenoxy) is 1. The fraction of sp³-hybridized carbons (Fsp3) is 0.278. The van der Waals surface area contributed by atoms with Gasteiger partial charge in [0.2, 0.25) is 10.0 Å². The normalized spacial score (nSPS) is 11.5. The molecule has 0 bridgehead atoms. The van der Waals surface area contributed by atoms with Gasteiger partial charge in [0.1, 0.15) is 16.5 Å². The van der Waals surface area contributed by atoms with Crippen LogP contribution in [-0.4, -0.2) is 38.8 Å². The van der Waals surface area contributed by atoms with Crippen LogP contribution in [0.1, 0.15) is 24.2 Å². The zero-order chi connectivity index (χ0) is 20.2. The van der Waals surface area contributed by atoms with Crippen LogP contribution < -0.4 is 10.1 Å². The van der Waals surface area contributed by atoms with Crippen LogP contribution in [0.15, 0.2) is 45.8 Å². The van der Waals surface area contributed by atoms with E-state index in [1.165, 1.54) is 41.7 Å². The predicted molar refractivity (Wildman–Crippen MR) is 105 cm³/mol. The predicted octanol–water partition coefficient (Wildman–Crippen LogP) is 3.88. The zero-order valence-electron chi connectivity index (χ0n) is 15.1. The average Bonchev–Trinajstić information content (AvgIpc) is 2.64. The third-order valence-electron chi connectivity index (χ3n) is 3.93. The van der Waals surface area contributed by atoms with Gasteiger partial charge in [0.25, 0.3) is 5.91 Å². The van der Waals surface area contributed by atoms with Crippen LogP contribution in [0.5, 0.6) is 5.75 Å². The van der Waals surface area contributed by atoms with Gasteiger partial charge in [-0.15, -0.1) is 0 Å². The van der Waals surface area contributed by atoms with Crippen LogP contribution in [0.25, 0.3) is 0 Å². The molecule has 0 aromatic heterocycles. The van der Waals surface area contributed by atoms with Crippen LogP contribution in [0.3, 0.4) is 0 Å². The van der Waals surface area contributed by atoms with E-state index in [-0.39, 0.29) is 35.0 Å². The lowest BCUT2D eigenvalue weighted by molar-refractivity contribution is 0.102. The molecule has 27 heavy (non-hydrogen) atoms. The molecule has 0 spiro atoms. The summed E-state index contributed by atoms with van der Waals surface area (Å²) in [6, 6.07) is 8.28. The van der Waals surface area contributed by atoms with Crippen LogP contribution >= 0.6 is 15.9 Å². The summed E-state index contributed by atoms with van der Waals surface area (Å²) in [5, 5.41) is 2.44. The monoisotopic (exact) mass is 458 g/mol. The first-order valence-electron chi connectivity index (χ1n) is 8.19. The van der Waals surface area contributed by atoms with Crippen molar-refractivity contribution < 1.29 is 22.3 Å². The van der Waals surface area contributed by atoms with Gasteiger partial charge < -0.3 is 10.1 Å². The van der Waals surface area contributed by atoms with E-state index in [1.54, 1.807) is 19.9 Å². The van der Waals surface area contributed by atoms with E-state index in [0.717, 1.165) is 0 Å². The molecule has 0 fully saturated rings. The largest absolute Gasteiger partial charge is 0.495 e. The number of nitrogens with zero attached hydrogens (tertiary/aromatic N) is 1. The number of hydrogen-bond acceptors (Lipinski definition) is 4. The molecule has 0 unspecified atom stereocenters. The van der Waals surface area contributed by atoms with Gasteiger partial charge in [-0.1, -0.05) is 29.8 Å². The summed E-state index contributed by atoms with van der Waals surface area (Å²) >= 11 is 3.14. The molecule has 0 aliphatic carbocycles. The first-order chi connectivity index (χ1) is 12.7. The molecule has 146 valence electrons. The summed E-state index contributed by atoms with van der Waals surface area (Å²) in [5.41, 5.74) is 0.0658. The average molecular weight is 459 g/mol. The van der Waals surface area contributed by atoms with Crippen LogP contribution in [0.2, 0.25) is 0 Å². The highest BCUT2D eigenvalue weighted by Crippen LogP contribution is 2.28. The molecular formula is C18H20BrFN2O4S. The van der Waals surface area contributed by atoms with Gasteiger partial charge in [-0.25, -0.2) is 12.8 Å². The molecule has 6 nitrogen and oxygen atoms in total. The number of carbonyl (C=O) groups excluding carboxylic acids is 1. The van der Waals surface area contributed by atoms with Crippen LogP contribution in [0.4, 0.5) is 10.1 Å². The number of nitrogens with one attached hydrogen (secondary N) is 1. The van der Waals surface area contributed by atoms with Gasteiger partial charge in [0, 0.05) is 23.1 Å². The number of halogens is 2. The molecule has 0 saturated heterocycles. The number of rotatable bonds is 7. The molecule has 9 heteroatoms. The maximum Gasteiger partial charge on any atom is 0.255 e. The van der Waals surface area contributed by atoms with Gasteiger partial charge in [0.05, 0.1) is 12.8 Å². The molecule has 0 saturated carbocycles. The highest BCUT2D eigenvalue weighted by molar-refractivity contribution is 9.10. The zero-order valence-corrected chi connectivity index (χ0v) is 17.5. The molecule has 0 aliphatic heterocycles. The lowest BCUT2D eigenvalue weighted by atomic mass is 10.2. The van der Waals surface area contributed by atoms with Gasteiger partial charge in [-0.05, 0) is 36.4 Å². The standard InChI is InChI=1S/C18H20BrFN2O4S/c1-4-22(5-2)27(24,25)17-10-12(6-9-16(17)26-3)18(23)21-15-8-7-13(19)11-14(15)20/h6-11H,4-5H2,1-3H3,(H,21,23). The second-order valence-electron chi connectivity index (χ2n) is 5.53. The molecule has 0 heterocycles.